The van der Waals surface area contributed by atoms with Gasteiger partial charge in [-0.05, 0) is 12.5 Å². The third-order valence-corrected chi connectivity index (χ3v) is 5.03. The van der Waals surface area contributed by atoms with E-state index in [-0.39, 0.29) is 0 Å². The van der Waals surface area contributed by atoms with Gasteiger partial charge in [-0.3, -0.25) is 0 Å². The fourth-order valence-corrected chi connectivity index (χ4v) is 3.80. The molecule has 4 rings (SSSR count). The number of benzene rings is 2. The minimum absolute atomic E-state index is 0.890. The van der Waals surface area contributed by atoms with Crippen LogP contribution in [-0.2, 0) is 6.54 Å². The maximum atomic E-state index is 2.41. The van der Waals surface area contributed by atoms with Crippen molar-refractivity contribution in [3.05, 3.63) is 83.5 Å². The highest BCUT2D eigenvalue weighted by molar-refractivity contribution is 7.14. The topological polar surface area (TPSA) is 8.29 Å². The summed E-state index contributed by atoms with van der Waals surface area (Å²) in [7, 11) is 0. The van der Waals surface area contributed by atoms with E-state index in [1.807, 2.05) is 0 Å². The third kappa shape index (κ3) is 2.24. The zero-order chi connectivity index (χ0) is 14.9. The van der Waals surface area contributed by atoms with Crippen LogP contribution in [-0.4, -0.2) is 4.40 Å². The molecule has 0 unspecified atom stereocenters. The second-order valence-corrected chi connectivity index (χ2v) is 6.32. The fourth-order valence-electron chi connectivity index (χ4n) is 2.81. The van der Waals surface area contributed by atoms with Crippen LogP contribution in [0.4, 0.5) is 0 Å². The monoisotopic (exact) mass is 305 g/mol. The van der Waals surface area contributed by atoms with Crippen LogP contribution in [0.1, 0.15) is 11.3 Å². The van der Waals surface area contributed by atoms with Crippen LogP contribution in [0, 0.1) is 6.92 Å². The summed E-state index contributed by atoms with van der Waals surface area (Å²) in [5.74, 6) is 0. The van der Waals surface area contributed by atoms with Crippen LogP contribution >= 0.6 is 11.3 Å². The van der Waals surface area contributed by atoms with Gasteiger partial charge in [-0.1, -0.05) is 72.0 Å². The van der Waals surface area contributed by atoms with E-state index in [1.54, 1.807) is 11.3 Å². The molecule has 0 aliphatic carbocycles. The Bertz CT molecular complexity index is 905. The quantitative estimate of drug-likeness (QED) is 0.498. The van der Waals surface area contributed by atoms with Crippen molar-refractivity contribution < 1.29 is 4.57 Å². The number of fused-ring (bicyclic) bond motifs is 1. The Morgan fingerprint density at radius 3 is 2.36 bits per heavy atom. The first-order valence-electron chi connectivity index (χ1n) is 7.41. The summed E-state index contributed by atoms with van der Waals surface area (Å²) in [6.07, 6.45) is 2.25. The number of imidazole rings is 1. The molecule has 0 N–H and O–H groups in total. The van der Waals surface area contributed by atoms with Gasteiger partial charge in [-0.2, -0.15) is 4.40 Å². The van der Waals surface area contributed by atoms with Gasteiger partial charge < -0.3 is 0 Å². The van der Waals surface area contributed by atoms with Crippen molar-refractivity contribution in [1.29, 1.82) is 0 Å². The van der Waals surface area contributed by atoms with Crippen molar-refractivity contribution in [2.24, 2.45) is 0 Å². The highest BCUT2D eigenvalue weighted by atomic mass is 32.1. The van der Waals surface area contributed by atoms with Gasteiger partial charge in [-0.15, -0.1) is 0 Å². The number of nitrogens with zero attached hydrogens (tertiary/aromatic N) is 2. The van der Waals surface area contributed by atoms with E-state index < -0.39 is 0 Å². The molecule has 0 atom stereocenters. The van der Waals surface area contributed by atoms with E-state index in [1.165, 1.54) is 27.5 Å². The predicted molar refractivity (Wildman–Crippen MR) is 91.2 cm³/mol. The molecule has 4 aromatic rings. The third-order valence-electron chi connectivity index (χ3n) is 3.95. The van der Waals surface area contributed by atoms with Crippen molar-refractivity contribution in [3.8, 4) is 11.3 Å². The van der Waals surface area contributed by atoms with Crippen LogP contribution < -0.4 is 4.57 Å². The number of thiazole rings is 1. The zero-order valence-corrected chi connectivity index (χ0v) is 13.3. The normalized spacial score (nSPS) is 11.1. The van der Waals surface area contributed by atoms with Gasteiger partial charge in [0.05, 0.1) is 0 Å². The van der Waals surface area contributed by atoms with Crippen molar-refractivity contribution in [1.82, 2.24) is 4.40 Å². The van der Waals surface area contributed by atoms with Crippen LogP contribution in [0.5, 0.6) is 0 Å². The summed E-state index contributed by atoms with van der Waals surface area (Å²) in [5.41, 5.74) is 5.13. The van der Waals surface area contributed by atoms with Gasteiger partial charge in [0.25, 0.3) is 0 Å². The Kier molecular flexibility index (Phi) is 3.28. The van der Waals surface area contributed by atoms with Crippen LogP contribution in [0.3, 0.4) is 0 Å². The van der Waals surface area contributed by atoms with Gasteiger partial charge >= 0.3 is 4.96 Å². The average molecular weight is 305 g/mol. The highest BCUT2D eigenvalue weighted by Crippen LogP contribution is 2.22. The Morgan fingerprint density at radius 1 is 0.955 bits per heavy atom. The molecule has 0 bridgehead atoms. The van der Waals surface area contributed by atoms with Crippen LogP contribution in [0.2, 0.25) is 0 Å². The SMILES string of the molecule is Cc1csc2n1cc(-c1ccccc1)[n+]2Cc1ccccc1. The molecule has 2 aromatic heterocycles. The predicted octanol–water partition coefficient (Wildman–Crippen LogP) is 4.31. The van der Waals surface area contributed by atoms with E-state index in [4.69, 9.17) is 0 Å². The van der Waals surface area contributed by atoms with Crippen LogP contribution in [0.15, 0.2) is 72.2 Å². The van der Waals surface area contributed by atoms with E-state index in [0.717, 1.165) is 6.54 Å². The summed E-state index contributed by atoms with van der Waals surface area (Å²) in [4.78, 5) is 1.28. The Balaban J connectivity index is 1.90. The van der Waals surface area contributed by atoms with Gasteiger partial charge in [0.2, 0.25) is 0 Å². The van der Waals surface area contributed by atoms with Gasteiger partial charge in [0, 0.05) is 10.9 Å². The molecule has 0 radical (unpaired) electrons. The number of rotatable bonds is 3. The Labute approximate surface area is 133 Å². The largest absolute Gasteiger partial charge is 0.346 e. The first-order valence-corrected chi connectivity index (χ1v) is 8.29. The molecule has 0 saturated carbocycles. The summed E-state index contributed by atoms with van der Waals surface area (Å²) in [6.45, 7) is 3.05. The first kappa shape index (κ1) is 13.3. The Hall–Kier alpha value is -2.39. The zero-order valence-electron chi connectivity index (χ0n) is 12.4. The van der Waals surface area contributed by atoms with Gasteiger partial charge in [0.15, 0.2) is 5.69 Å². The second-order valence-electron chi connectivity index (χ2n) is 5.48. The second kappa shape index (κ2) is 5.43. The van der Waals surface area contributed by atoms with Crippen molar-refractivity contribution >= 4 is 16.3 Å². The summed E-state index contributed by atoms with van der Waals surface area (Å²) in [6, 6.07) is 21.3. The standard InChI is InChI=1S/C19H17N2S/c1-15-14-22-19-20(15)13-18(17-10-6-3-7-11-17)21(19)12-16-8-4-2-5-9-16/h2-11,13-14H,12H2,1H3/q+1. The lowest BCUT2D eigenvalue weighted by Crippen LogP contribution is -2.35. The molecule has 0 aliphatic heterocycles. The van der Waals surface area contributed by atoms with Gasteiger partial charge in [-0.25, -0.2) is 4.57 Å². The van der Waals surface area contributed by atoms with Crippen molar-refractivity contribution in [2.45, 2.75) is 13.5 Å². The maximum absolute atomic E-state index is 2.41. The van der Waals surface area contributed by atoms with E-state index in [0.29, 0.717) is 0 Å². The molecule has 2 heterocycles. The van der Waals surface area contributed by atoms with E-state index in [2.05, 4.69) is 88.1 Å². The summed E-state index contributed by atoms with van der Waals surface area (Å²) >= 11 is 1.80. The molecule has 2 nitrogen and oxygen atoms in total. The Morgan fingerprint density at radius 2 is 1.64 bits per heavy atom. The van der Waals surface area contributed by atoms with E-state index in [9.17, 15) is 0 Å². The molecule has 0 amide bonds. The van der Waals surface area contributed by atoms with E-state index >= 15 is 0 Å². The average Bonchev–Trinajstić information content (AvgIpc) is 3.10. The molecule has 0 fully saturated rings. The summed E-state index contributed by atoms with van der Waals surface area (Å²) < 4.78 is 4.69. The first-order chi connectivity index (χ1) is 10.8. The van der Waals surface area contributed by atoms with Crippen molar-refractivity contribution in [2.75, 3.05) is 0 Å². The molecule has 2 aromatic carbocycles. The lowest BCUT2D eigenvalue weighted by molar-refractivity contribution is -0.649. The molecule has 22 heavy (non-hydrogen) atoms. The minimum atomic E-state index is 0.890. The molecule has 3 heteroatoms. The molecule has 108 valence electrons. The number of aromatic nitrogens is 2. The minimum Gasteiger partial charge on any atom is -0.209 e. The van der Waals surface area contributed by atoms with Crippen LogP contribution in [0.25, 0.3) is 16.2 Å². The molecule has 0 saturated heterocycles. The smallest absolute Gasteiger partial charge is 0.209 e. The lowest BCUT2D eigenvalue weighted by Gasteiger charge is -2.02. The fraction of sp³-hybridized carbons (Fsp3) is 0.105. The molecule has 0 spiro atoms. The number of hydrogen-bond acceptors (Lipinski definition) is 1. The number of aryl methyl sites for hydroxylation is 1. The lowest BCUT2D eigenvalue weighted by atomic mass is 10.1. The summed E-state index contributed by atoms with van der Waals surface area (Å²) in [5, 5.41) is 2.21. The highest BCUT2D eigenvalue weighted by Gasteiger charge is 2.22. The van der Waals surface area contributed by atoms with Crippen molar-refractivity contribution in [3.63, 3.8) is 0 Å². The molecular weight excluding hydrogens is 288 g/mol. The number of hydrogen-bond donors (Lipinski definition) is 0. The molecule has 0 aliphatic rings. The maximum Gasteiger partial charge on any atom is 0.346 e. The van der Waals surface area contributed by atoms with Gasteiger partial charge in [0.1, 0.15) is 18.4 Å². The molecular formula is C19H17N2S+.